The minimum atomic E-state index is -0.00849. The first kappa shape index (κ1) is 22.1. The van der Waals surface area contributed by atoms with Gasteiger partial charge in [0.15, 0.2) is 11.5 Å². The van der Waals surface area contributed by atoms with Crippen molar-refractivity contribution in [1.82, 2.24) is 15.1 Å². The molecule has 0 radical (unpaired) electrons. The van der Waals surface area contributed by atoms with E-state index < -0.39 is 0 Å². The molecule has 33 heavy (non-hydrogen) atoms. The first-order chi connectivity index (χ1) is 16.2. The largest absolute Gasteiger partial charge is 0.493 e. The second-order valence-corrected chi connectivity index (χ2v) is 7.66. The third-order valence-electron chi connectivity index (χ3n) is 5.25. The van der Waals surface area contributed by atoms with Gasteiger partial charge >= 0.3 is 0 Å². The topological polar surface area (TPSA) is 65.4 Å². The lowest BCUT2D eigenvalue weighted by molar-refractivity contribution is -0.121. The number of para-hydroxylation sites is 1. The molecular formula is C27H27N3O3. The molecule has 1 aromatic heterocycles. The van der Waals surface area contributed by atoms with E-state index in [0.29, 0.717) is 37.5 Å². The number of rotatable bonds is 10. The van der Waals surface area contributed by atoms with Crippen molar-refractivity contribution in [2.24, 2.45) is 0 Å². The van der Waals surface area contributed by atoms with Crippen LogP contribution < -0.4 is 14.8 Å². The average molecular weight is 442 g/mol. The molecular weight excluding hydrogens is 414 g/mol. The van der Waals surface area contributed by atoms with Crippen LogP contribution in [0.3, 0.4) is 0 Å². The van der Waals surface area contributed by atoms with Crippen LogP contribution in [0.15, 0.2) is 91.3 Å². The van der Waals surface area contributed by atoms with E-state index in [1.54, 1.807) is 13.3 Å². The minimum absolute atomic E-state index is 0.00849. The third kappa shape index (κ3) is 6.23. The Kier molecular flexibility index (Phi) is 7.38. The number of aromatic nitrogens is 2. The number of nitrogens with one attached hydrogen (secondary N) is 1. The van der Waals surface area contributed by atoms with Gasteiger partial charge in [0, 0.05) is 19.2 Å². The molecule has 0 saturated carbocycles. The molecule has 1 amide bonds. The maximum Gasteiger partial charge on any atom is 0.220 e. The fraction of sp³-hybridized carbons (Fsp3) is 0.185. The van der Waals surface area contributed by atoms with Gasteiger partial charge in [0.1, 0.15) is 6.61 Å². The molecule has 168 valence electrons. The van der Waals surface area contributed by atoms with Crippen LogP contribution in [0.1, 0.15) is 23.1 Å². The third-order valence-corrected chi connectivity index (χ3v) is 5.25. The van der Waals surface area contributed by atoms with Gasteiger partial charge in [-0.25, -0.2) is 4.68 Å². The summed E-state index contributed by atoms with van der Waals surface area (Å²) in [6.07, 6.45) is 4.80. The maximum atomic E-state index is 12.4. The molecule has 0 unspecified atom stereocenters. The number of carbonyl (C=O) groups is 1. The summed E-state index contributed by atoms with van der Waals surface area (Å²) in [7, 11) is 1.61. The van der Waals surface area contributed by atoms with E-state index in [4.69, 9.17) is 9.47 Å². The average Bonchev–Trinajstić information content (AvgIpc) is 3.35. The summed E-state index contributed by atoms with van der Waals surface area (Å²) >= 11 is 0. The molecule has 1 N–H and O–H groups in total. The SMILES string of the molecule is COc1cc(CNC(=O)CCc2cnn(-c3ccccc3)c2)ccc1OCc1ccccc1. The molecule has 6 nitrogen and oxygen atoms in total. The van der Waals surface area contributed by atoms with Gasteiger partial charge in [-0.1, -0.05) is 54.6 Å². The van der Waals surface area contributed by atoms with Gasteiger partial charge in [0.25, 0.3) is 0 Å². The molecule has 0 aliphatic rings. The highest BCUT2D eigenvalue weighted by atomic mass is 16.5. The number of ether oxygens (including phenoxy) is 2. The summed E-state index contributed by atoms with van der Waals surface area (Å²) in [5, 5.41) is 7.35. The molecule has 4 aromatic rings. The predicted molar refractivity (Wildman–Crippen MR) is 127 cm³/mol. The quantitative estimate of drug-likeness (QED) is 0.387. The number of amides is 1. The van der Waals surface area contributed by atoms with Crippen LogP contribution in [-0.2, 0) is 24.4 Å². The zero-order valence-corrected chi connectivity index (χ0v) is 18.6. The summed E-state index contributed by atoms with van der Waals surface area (Å²) in [5.74, 6) is 1.31. The van der Waals surface area contributed by atoms with E-state index in [9.17, 15) is 4.79 Å². The lowest BCUT2D eigenvalue weighted by Crippen LogP contribution is -2.23. The Balaban J connectivity index is 1.26. The molecule has 1 heterocycles. The Morgan fingerprint density at radius 3 is 2.42 bits per heavy atom. The normalized spacial score (nSPS) is 10.6. The number of carbonyl (C=O) groups excluding carboxylic acids is 1. The van der Waals surface area contributed by atoms with E-state index in [0.717, 1.165) is 22.4 Å². The standard InChI is InChI=1S/C27H27N3O3/c1-32-26-16-22(12-14-25(26)33-20-21-8-4-2-5-9-21)17-28-27(31)15-13-23-18-29-30(19-23)24-10-6-3-7-11-24/h2-12,14,16,18-19H,13,15,17,20H2,1H3,(H,28,31). The Bertz CT molecular complexity index is 1170. The maximum absolute atomic E-state index is 12.4. The molecule has 6 heteroatoms. The van der Waals surface area contributed by atoms with Crippen LogP contribution in [0.25, 0.3) is 5.69 Å². The van der Waals surface area contributed by atoms with Gasteiger partial charge in [-0.05, 0) is 47.4 Å². The van der Waals surface area contributed by atoms with E-state index in [1.807, 2.05) is 89.7 Å². The van der Waals surface area contributed by atoms with Gasteiger partial charge in [-0.3, -0.25) is 4.79 Å². The van der Waals surface area contributed by atoms with Gasteiger partial charge in [-0.15, -0.1) is 0 Å². The zero-order chi connectivity index (χ0) is 22.9. The summed E-state index contributed by atoms with van der Waals surface area (Å²) in [6.45, 7) is 0.894. The number of benzene rings is 3. The van der Waals surface area contributed by atoms with Crippen LogP contribution in [0.4, 0.5) is 0 Å². The molecule has 0 saturated heterocycles. The highest BCUT2D eigenvalue weighted by Crippen LogP contribution is 2.28. The molecule has 3 aromatic carbocycles. The monoisotopic (exact) mass is 441 g/mol. The van der Waals surface area contributed by atoms with E-state index in [1.165, 1.54) is 0 Å². The number of hydrogen-bond acceptors (Lipinski definition) is 4. The zero-order valence-electron chi connectivity index (χ0n) is 18.6. The van der Waals surface area contributed by atoms with E-state index in [2.05, 4.69) is 10.4 Å². The number of hydrogen-bond donors (Lipinski definition) is 1. The second kappa shape index (κ2) is 11.0. The highest BCUT2D eigenvalue weighted by molar-refractivity contribution is 5.76. The summed E-state index contributed by atoms with van der Waals surface area (Å²) in [6, 6.07) is 25.6. The fourth-order valence-electron chi connectivity index (χ4n) is 3.43. The number of methoxy groups -OCH3 is 1. The first-order valence-electron chi connectivity index (χ1n) is 10.9. The number of aryl methyl sites for hydroxylation is 1. The smallest absolute Gasteiger partial charge is 0.220 e. The first-order valence-corrected chi connectivity index (χ1v) is 10.9. The summed E-state index contributed by atoms with van der Waals surface area (Å²) < 4.78 is 13.2. The fourth-order valence-corrected chi connectivity index (χ4v) is 3.43. The molecule has 0 spiro atoms. The summed E-state index contributed by atoms with van der Waals surface area (Å²) in [4.78, 5) is 12.4. The Morgan fingerprint density at radius 1 is 0.909 bits per heavy atom. The van der Waals surface area contributed by atoms with Gasteiger partial charge < -0.3 is 14.8 Å². The van der Waals surface area contributed by atoms with Crippen LogP contribution in [0, 0.1) is 0 Å². The highest BCUT2D eigenvalue weighted by Gasteiger charge is 2.09. The lowest BCUT2D eigenvalue weighted by Gasteiger charge is -2.13. The lowest BCUT2D eigenvalue weighted by atomic mass is 10.1. The van der Waals surface area contributed by atoms with E-state index in [-0.39, 0.29) is 5.91 Å². The van der Waals surface area contributed by atoms with Crippen molar-refractivity contribution in [3.63, 3.8) is 0 Å². The Labute approximate surface area is 193 Å². The van der Waals surface area contributed by atoms with Crippen molar-refractivity contribution in [1.29, 1.82) is 0 Å². The van der Waals surface area contributed by atoms with Crippen molar-refractivity contribution in [2.75, 3.05) is 7.11 Å². The van der Waals surface area contributed by atoms with E-state index >= 15 is 0 Å². The van der Waals surface area contributed by atoms with Crippen molar-refractivity contribution in [3.05, 3.63) is 108 Å². The van der Waals surface area contributed by atoms with Crippen molar-refractivity contribution >= 4 is 5.91 Å². The van der Waals surface area contributed by atoms with Crippen molar-refractivity contribution in [2.45, 2.75) is 26.0 Å². The van der Waals surface area contributed by atoms with Crippen molar-refractivity contribution in [3.8, 4) is 17.2 Å². The molecule has 4 rings (SSSR count). The Hall–Kier alpha value is -4.06. The van der Waals surface area contributed by atoms with Crippen LogP contribution in [0.2, 0.25) is 0 Å². The molecule has 0 aliphatic carbocycles. The van der Waals surface area contributed by atoms with Crippen LogP contribution in [0.5, 0.6) is 11.5 Å². The molecule has 0 aliphatic heterocycles. The van der Waals surface area contributed by atoms with Crippen LogP contribution in [-0.4, -0.2) is 22.8 Å². The van der Waals surface area contributed by atoms with Gasteiger partial charge in [0.2, 0.25) is 5.91 Å². The molecule has 0 bridgehead atoms. The molecule has 0 atom stereocenters. The second-order valence-electron chi connectivity index (χ2n) is 7.66. The Morgan fingerprint density at radius 2 is 1.67 bits per heavy atom. The summed E-state index contributed by atoms with van der Waals surface area (Å²) in [5.41, 5.74) is 4.06. The van der Waals surface area contributed by atoms with Gasteiger partial charge in [0.05, 0.1) is 19.0 Å². The predicted octanol–water partition coefficient (Wildman–Crippen LogP) is 4.71. The van der Waals surface area contributed by atoms with Crippen molar-refractivity contribution < 1.29 is 14.3 Å². The van der Waals surface area contributed by atoms with Crippen LogP contribution >= 0.6 is 0 Å². The number of nitrogens with zero attached hydrogens (tertiary/aromatic N) is 2. The minimum Gasteiger partial charge on any atom is -0.493 e. The molecule has 0 fully saturated rings. The van der Waals surface area contributed by atoms with Gasteiger partial charge in [-0.2, -0.15) is 5.10 Å².